The van der Waals surface area contributed by atoms with Crippen molar-refractivity contribution in [2.45, 2.75) is 42.8 Å². The Hall–Kier alpha value is -1.90. The molecule has 1 aliphatic carbocycles. The molecule has 1 aromatic carbocycles. The van der Waals surface area contributed by atoms with Gasteiger partial charge >= 0.3 is 0 Å². The Morgan fingerprint density at radius 3 is 3.04 bits per heavy atom. The van der Waals surface area contributed by atoms with Gasteiger partial charge in [0.05, 0.1) is 6.61 Å². The minimum atomic E-state index is -0.263. The number of halogens is 1. The van der Waals surface area contributed by atoms with Gasteiger partial charge in [-0.25, -0.2) is 4.39 Å². The number of hydrogen-bond acceptors (Lipinski definition) is 6. The van der Waals surface area contributed by atoms with E-state index in [9.17, 15) is 4.39 Å². The number of rotatable bonds is 6. The zero-order valence-corrected chi connectivity index (χ0v) is 16.2. The highest BCUT2D eigenvalue weighted by Crippen LogP contribution is 2.41. The number of fused-ring (bicyclic) bond motifs is 1. The number of ether oxygens (including phenoxy) is 2. The fourth-order valence-electron chi connectivity index (χ4n) is 3.30. The molecule has 0 saturated heterocycles. The molecule has 0 radical (unpaired) electrons. The first-order valence-electron chi connectivity index (χ1n) is 8.89. The Labute approximate surface area is 164 Å². The average molecular weight is 404 g/mol. The lowest BCUT2D eigenvalue weighted by Gasteiger charge is -2.20. The Balaban J connectivity index is 1.39. The lowest BCUT2D eigenvalue weighted by molar-refractivity contribution is -0.0171. The second kappa shape index (κ2) is 7.26. The van der Waals surface area contributed by atoms with Gasteiger partial charge in [-0.3, -0.25) is 0 Å². The topological polar surface area (TPSA) is 49.2 Å². The van der Waals surface area contributed by atoms with Crippen LogP contribution in [0.2, 0.25) is 0 Å². The van der Waals surface area contributed by atoms with Crippen LogP contribution in [0.15, 0.2) is 34.8 Å². The van der Waals surface area contributed by atoms with E-state index in [1.165, 1.54) is 23.8 Å². The third-order valence-electron chi connectivity index (χ3n) is 4.67. The van der Waals surface area contributed by atoms with Gasteiger partial charge in [0.15, 0.2) is 11.9 Å². The number of thioether (sulfide) groups is 1. The van der Waals surface area contributed by atoms with E-state index in [4.69, 9.17) is 9.47 Å². The zero-order valence-electron chi connectivity index (χ0n) is 14.6. The standard InChI is InChI=1S/C19H18FN3O2S2/c20-14-6-12-9-24-11-25-18(12)13(7-14)10-27-19-22-21-17(23(19)15-3-4-15)8-16-2-1-5-26-16/h1-2,5-7,15H,3-4,8-11H2. The fraction of sp³-hybridized carbons (Fsp3) is 0.368. The summed E-state index contributed by atoms with van der Waals surface area (Å²) in [6, 6.07) is 7.70. The fourth-order valence-corrected chi connectivity index (χ4v) is 4.99. The van der Waals surface area contributed by atoms with Gasteiger partial charge in [0.1, 0.15) is 17.4 Å². The van der Waals surface area contributed by atoms with Crippen LogP contribution in [-0.2, 0) is 23.5 Å². The maximum Gasteiger partial charge on any atom is 0.191 e. The third kappa shape index (κ3) is 3.61. The molecule has 5 rings (SSSR count). The van der Waals surface area contributed by atoms with Crippen molar-refractivity contribution in [3.8, 4) is 5.75 Å². The summed E-state index contributed by atoms with van der Waals surface area (Å²) in [5, 5.41) is 11.9. The lowest BCUT2D eigenvalue weighted by Crippen LogP contribution is -2.13. The summed E-state index contributed by atoms with van der Waals surface area (Å²) in [4.78, 5) is 1.29. The SMILES string of the molecule is Fc1cc2c(c(CSc3nnc(Cc4cccs4)n3C3CC3)c1)OCOC2. The smallest absolute Gasteiger partial charge is 0.191 e. The van der Waals surface area contributed by atoms with Crippen LogP contribution in [0.4, 0.5) is 4.39 Å². The molecule has 0 amide bonds. The van der Waals surface area contributed by atoms with Gasteiger partial charge in [-0.2, -0.15) is 0 Å². The molecular formula is C19H18FN3O2S2. The van der Waals surface area contributed by atoms with Crippen LogP contribution in [0.25, 0.3) is 0 Å². The first-order chi connectivity index (χ1) is 13.3. The maximum atomic E-state index is 14.0. The summed E-state index contributed by atoms with van der Waals surface area (Å²) in [6.45, 7) is 0.591. The molecule has 1 aliphatic heterocycles. The Kier molecular flexibility index (Phi) is 4.63. The first kappa shape index (κ1) is 17.2. The van der Waals surface area contributed by atoms with Crippen LogP contribution in [0, 0.1) is 5.82 Å². The van der Waals surface area contributed by atoms with Crippen LogP contribution in [0.5, 0.6) is 5.75 Å². The molecule has 3 aromatic rings. The molecule has 2 aliphatic rings. The summed E-state index contributed by atoms with van der Waals surface area (Å²) in [5.41, 5.74) is 1.60. The van der Waals surface area contributed by atoms with E-state index < -0.39 is 0 Å². The number of aromatic nitrogens is 3. The maximum absolute atomic E-state index is 14.0. The van der Waals surface area contributed by atoms with E-state index >= 15 is 0 Å². The normalized spacial score (nSPS) is 16.2. The third-order valence-corrected chi connectivity index (χ3v) is 6.54. The molecule has 8 heteroatoms. The van der Waals surface area contributed by atoms with Gasteiger partial charge in [-0.15, -0.1) is 21.5 Å². The molecular weight excluding hydrogens is 385 g/mol. The molecule has 1 fully saturated rings. The number of benzene rings is 1. The molecule has 2 aromatic heterocycles. The molecule has 0 atom stereocenters. The average Bonchev–Trinajstić information content (AvgIpc) is 3.22. The minimum Gasteiger partial charge on any atom is -0.467 e. The van der Waals surface area contributed by atoms with E-state index in [0.717, 1.165) is 34.3 Å². The van der Waals surface area contributed by atoms with Crippen LogP contribution < -0.4 is 4.74 Å². The first-order valence-corrected chi connectivity index (χ1v) is 10.8. The van der Waals surface area contributed by atoms with Gasteiger partial charge in [-0.05, 0) is 36.4 Å². The van der Waals surface area contributed by atoms with Gasteiger partial charge in [0, 0.05) is 34.2 Å². The van der Waals surface area contributed by atoms with Crippen LogP contribution in [0.3, 0.4) is 0 Å². The van der Waals surface area contributed by atoms with Crippen molar-refractivity contribution in [3.63, 3.8) is 0 Å². The number of hydrogen-bond donors (Lipinski definition) is 0. The van der Waals surface area contributed by atoms with Crippen molar-refractivity contribution in [2.24, 2.45) is 0 Å². The predicted octanol–water partition coefficient (Wildman–Crippen LogP) is 4.56. The van der Waals surface area contributed by atoms with Crippen molar-refractivity contribution in [1.29, 1.82) is 0 Å². The second-order valence-electron chi connectivity index (χ2n) is 6.71. The Morgan fingerprint density at radius 2 is 2.22 bits per heavy atom. The monoisotopic (exact) mass is 403 g/mol. The second-order valence-corrected chi connectivity index (χ2v) is 8.68. The van der Waals surface area contributed by atoms with Crippen molar-refractivity contribution < 1.29 is 13.9 Å². The molecule has 1 saturated carbocycles. The highest BCUT2D eigenvalue weighted by atomic mass is 32.2. The largest absolute Gasteiger partial charge is 0.467 e. The Morgan fingerprint density at radius 1 is 1.30 bits per heavy atom. The minimum absolute atomic E-state index is 0.208. The van der Waals surface area contributed by atoms with Gasteiger partial charge in [0.25, 0.3) is 0 Å². The van der Waals surface area contributed by atoms with E-state index in [2.05, 4.69) is 32.3 Å². The molecule has 5 nitrogen and oxygen atoms in total. The van der Waals surface area contributed by atoms with Crippen LogP contribution in [0.1, 0.15) is 40.7 Å². The van der Waals surface area contributed by atoms with E-state index in [0.29, 0.717) is 18.4 Å². The molecule has 0 bridgehead atoms. The summed E-state index contributed by atoms with van der Waals surface area (Å²) < 4.78 is 27.1. The van der Waals surface area contributed by atoms with Crippen molar-refractivity contribution in [3.05, 3.63) is 57.3 Å². The number of nitrogens with zero attached hydrogens (tertiary/aromatic N) is 3. The summed E-state index contributed by atoms with van der Waals surface area (Å²) in [7, 11) is 0. The molecule has 140 valence electrons. The zero-order chi connectivity index (χ0) is 18.2. The van der Waals surface area contributed by atoms with Gasteiger partial charge < -0.3 is 14.0 Å². The molecule has 0 spiro atoms. The highest BCUT2D eigenvalue weighted by molar-refractivity contribution is 7.98. The molecule has 0 N–H and O–H groups in total. The van der Waals surface area contributed by atoms with Crippen molar-refractivity contribution >= 4 is 23.1 Å². The highest BCUT2D eigenvalue weighted by Gasteiger charge is 2.30. The molecule has 27 heavy (non-hydrogen) atoms. The van der Waals surface area contributed by atoms with Crippen molar-refractivity contribution in [1.82, 2.24) is 14.8 Å². The summed E-state index contributed by atoms with van der Waals surface area (Å²) in [6.07, 6.45) is 3.13. The Bertz CT molecular complexity index is 954. The predicted molar refractivity (Wildman–Crippen MR) is 102 cm³/mol. The lowest BCUT2D eigenvalue weighted by atomic mass is 10.1. The summed E-state index contributed by atoms with van der Waals surface area (Å²) >= 11 is 3.33. The summed E-state index contributed by atoms with van der Waals surface area (Å²) in [5.74, 6) is 2.07. The van der Waals surface area contributed by atoms with Crippen LogP contribution >= 0.6 is 23.1 Å². The van der Waals surface area contributed by atoms with E-state index in [1.807, 2.05) is 0 Å². The number of thiophene rings is 1. The van der Waals surface area contributed by atoms with E-state index in [-0.39, 0.29) is 12.6 Å². The van der Waals surface area contributed by atoms with Crippen LogP contribution in [-0.4, -0.2) is 21.6 Å². The molecule has 0 unspecified atom stereocenters. The quantitative estimate of drug-likeness (QED) is 0.565. The van der Waals surface area contributed by atoms with Crippen molar-refractivity contribution in [2.75, 3.05) is 6.79 Å². The molecule has 3 heterocycles. The van der Waals surface area contributed by atoms with Gasteiger partial charge in [-0.1, -0.05) is 17.8 Å². The van der Waals surface area contributed by atoms with Gasteiger partial charge in [0.2, 0.25) is 0 Å². The van der Waals surface area contributed by atoms with E-state index in [1.54, 1.807) is 29.2 Å².